The Bertz CT molecular complexity index is 1020. The van der Waals surface area contributed by atoms with E-state index in [1.165, 1.54) is 12.1 Å². The number of rotatable bonds is 5. The second-order valence-corrected chi connectivity index (χ2v) is 7.23. The van der Waals surface area contributed by atoms with Crippen molar-refractivity contribution in [3.05, 3.63) is 64.4 Å². The van der Waals surface area contributed by atoms with Crippen molar-refractivity contribution in [2.24, 2.45) is 5.92 Å². The summed E-state index contributed by atoms with van der Waals surface area (Å²) in [5.41, 5.74) is 2.96. The molecule has 6 nitrogen and oxygen atoms in total. The van der Waals surface area contributed by atoms with Crippen molar-refractivity contribution in [1.82, 2.24) is 9.88 Å². The van der Waals surface area contributed by atoms with Crippen LogP contribution in [0.1, 0.15) is 18.4 Å². The van der Waals surface area contributed by atoms with Crippen LogP contribution in [0.4, 0.5) is 10.1 Å². The van der Waals surface area contributed by atoms with Gasteiger partial charge in [-0.15, -0.1) is 0 Å². The number of nitrogens with zero attached hydrogens (tertiary/aromatic N) is 1. The number of amides is 1. The molecule has 0 atom stereocenters. The third-order valence-corrected chi connectivity index (χ3v) is 5.27. The van der Waals surface area contributed by atoms with Crippen molar-refractivity contribution in [3.8, 4) is 0 Å². The fourth-order valence-electron chi connectivity index (χ4n) is 3.69. The van der Waals surface area contributed by atoms with Crippen LogP contribution in [-0.2, 0) is 11.2 Å². The second kappa shape index (κ2) is 7.88. The summed E-state index contributed by atoms with van der Waals surface area (Å²) >= 11 is 0. The van der Waals surface area contributed by atoms with Gasteiger partial charge in [-0.05, 0) is 55.0 Å². The van der Waals surface area contributed by atoms with Crippen molar-refractivity contribution in [2.45, 2.75) is 19.3 Å². The minimum Gasteiger partial charge on any atom is -0.408 e. The number of fused-ring (bicyclic) bond motifs is 1. The van der Waals surface area contributed by atoms with E-state index in [-0.39, 0.29) is 18.3 Å². The van der Waals surface area contributed by atoms with Crippen LogP contribution in [0, 0.1) is 11.7 Å². The van der Waals surface area contributed by atoms with Crippen LogP contribution in [-0.4, -0.2) is 35.4 Å². The molecule has 7 heteroatoms. The number of piperidine rings is 1. The molecule has 1 aromatic heterocycles. The highest BCUT2D eigenvalue weighted by Crippen LogP contribution is 2.22. The summed E-state index contributed by atoms with van der Waals surface area (Å²) in [6, 6.07) is 11.9. The molecule has 0 unspecified atom stereocenters. The zero-order valence-corrected chi connectivity index (χ0v) is 15.4. The van der Waals surface area contributed by atoms with Gasteiger partial charge in [0.2, 0.25) is 5.91 Å². The third-order valence-electron chi connectivity index (χ3n) is 5.27. The molecule has 2 N–H and O–H groups in total. The van der Waals surface area contributed by atoms with Gasteiger partial charge >= 0.3 is 5.76 Å². The standard InChI is InChI=1S/C21H22FN3O3/c22-16-3-1-14(2-4-16)11-15-7-9-25(10-8-15)20(26)13-23-17-5-6-18-19(12-17)28-21(27)24-18/h1-6,12,15,23H,7-11,13H2,(H,24,27). The Kier molecular flexibility index (Phi) is 5.14. The average Bonchev–Trinajstić information content (AvgIpc) is 3.08. The van der Waals surface area contributed by atoms with E-state index >= 15 is 0 Å². The number of hydrogen-bond donors (Lipinski definition) is 2. The summed E-state index contributed by atoms with van der Waals surface area (Å²) in [5, 5.41) is 3.10. The molecule has 1 aliphatic rings. The Morgan fingerprint density at radius 1 is 1.18 bits per heavy atom. The average molecular weight is 383 g/mol. The molecule has 0 aliphatic carbocycles. The second-order valence-electron chi connectivity index (χ2n) is 7.23. The first-order valence-electron chi connectivity index (χ1n) is 9.46. The number of H-pyrrole nitrogens is 1. The molecule has 146 valence electrons. The fourth-order valence-corrected chi connectivity index (χ4v) is 3.69. The van der Waals surface area contributed by atoms with Gasteiger partial charge in [0.1, 0.15) is 5.82 Å². The highest BCUT2D eigenvalue weighted by atomic mass is 19.1. The van der Waals surface area contributed by atoms with E-state index < -0.39 is 5.76 Å². The van der Waals surface area contributed by atoms with E-state index in [4.69, 9.17) is 4.42 Å². The van der Waals surface area contributed by atoms with Crippen LogP contribution in [0.2, 0.25) is 0 Å². The monoisotopic (exact) mass is 383 g/mol. The molecule has 1 aliphatic heterocycles. The Morgan fingerprint density at radius 2 is 1.93 bits per heavy atom. The number of nitrogens with one attached hydrogen (secondary N) is 2. The summed E-state index contributed by atoms with van der Waals surface area (Å²) in [4.78, 5) is 28.2. The van der Waals surface area contributed by atoms with Crippen molar-refractivity contribution < 1.29 is 13.6 Å². The summed E-state index contributed by atoms with van der Waals surface area (Å²) in [7, 11) is 0. The molecule has 1 amide bonds. The highest BCUT2D eigenvalue weighted by Gasteiger charge is 2.22. The first kappa shape index (κ1) is 18.3. The maximum absolute atomic E-state index is 13.0. The number of likely N-dealkylation sites (tertiary alicyclic amines) is 1. The number of halogens is 1. The largest absolute Gasteiger partial charge is 0.417 e. The number of carbonyl (C=O) groups is 1. The first-order chi connectivity index (χ1) is 13.6. The molecule has 0 bridgehead atoms. The highest BCUT2D eigenvalue weighted by molar-refractivity contribution is 5.82. The molecule has 0 saturated carbocycles. The lowest BCUT2D eigenvalue weighted by Gasteiger charge is -2.32. The summed E-state index contributed by atoms with van der Waals surface area (Å²) in [6.07, 6.45) is 2.82. The summed E-state index contributed by atoms with van der Waals surface area (Å²) < 4.78 is 18.0. The molecular weight excluding hydrogens is 361 g/mol. The SMILES string of the molecule is O=C(CNc1ccc2[nH]c(=O)oc2c1)N1CCC(Cc2ccc(F)cc2)CC1. The van der Waals surface area contributed by atoms with Gasteiger partial charge in [0, 0.05) is 24.8 Å². The summed E-state index contributed by atoms with van der Waals surface area (Å²) in [6.45, 7) is 1.67. The minimum atomic E-state index is -0.494. The number of hydrogen-bond acceptors (Lipinski definition) is 4. The zero-order chi connectivity index (χ0) is 19.5. The van der Waals surface area contributed by atoms with E-state index in [1.807, 2.05) is 17.0 Å². The zero-order valence-electron chi connectivity index (χ0n) is 15.4. The summed E-state index contributed by atoms with van der Waals surface area (Å²) in [5.74, 6) is -0.140. The molecule has 0 radical (unpaired) electrons. The van der Waals surface area contributed by atoms with Gasteiger partial charge in [0.15, 0.2) is 5.58 Å². The minimum absolute atomic E-state index is 0.0517. The van der Waals surface area contributed by atoms with Gasteiger partial charge in [0.25, 0.3) is 0 Å². The molecule has 4 rings (SSSR count). The van der Waals surface area contributed by atoms with Gasteiger partial charge in [-0.25, -0.2) is 9.18 Å². The normalized spacial score (nSPS) is 15.1. The first-order valence-corrected chi connectivity index (χ1v) is 9.46. The smallest absolute Gasteiger partial charge is 0.408 e. The van der Waals surface area contributed by atoms with E-state index in [0.717, 1.165) is 43.6 Å². The lowest BCUT2D eigenvalue weighted by Crippen LogP contribution is -2.41. The van der Waals surface area contributed by atoms with E-state index in [0.29, 0.717) is 17.0 Å². The Morgan fingerprint density at radius 3 is 2.68 bits per heavy atom. The third kappa shape index (κ3) is 4.24. The number of carbonyl (C=O) groups excluding carboxylic acids is 1. The van der Waals surface area contributed by atoms with Gasteiger partial charge in [-0.2, -0.15) is 0 Å². The molecule has 1 saturated heterocycles. The lowest BCUT2D eigenvalue weighted by atomic mass is 9.90. The van der Waals surface area contributed by atoms with Gasteiger partial charge in [-0.1, -0.05) is 12.1 Å². The molecule has 2 heterocycles. The van der Waals surface area contributed by atoms with Gasteiger partial charge in [-0.3, -0.25) is 9.78 Å². The lowest BCUT2D eigenvalue weighted by molar-refractivity contribution is -0.130. The van der Waals surface area contributed by atoms with E-state index in [2.05, 4.69) is 10.3 Å². The van der Waals surface area contributed by atoms with Gasteiger partial charge in [0.05, 0.1) is 12.1 Å². The molecule has 0 spiro atoms. The quantitative estimate of drug-likeness (QED) is 0.709. The molecule has 28 heavy (non-hydrogen) atoms. The number of aromatic amines is 1. The van der Waals surface area contributed by atoms with Crippen LogP contribution in [0.3, 0.4) is 0 Å². The van der Waals surface area contributed by atoms with E-state index in [1.54, 1.807) is 18.2 Å². The predicted octanol–water partition coefficient (Wildman–Crippen LogP) is 3.15. The Hall–Kier alpha value is -3.09. The number of oxazole rings is 1. The fraction of sp³-hybridized carbons (Fsp3) is 0.333. The van der Waals surface area contributed by atoms with E-state index in [9.17, 15) is 14.0 Å². The molecule has 2 aromatic carbocycles. The van der Waals surface area contributed by atoms with Crippen molar-refractivity contribution in [1.29, 1.82) is 0 Å². The van der Waals surface area contributed by atoms with Crippen LogP contribution in [0.5, 0.6) is 0 Å². The van der Waals surface area contributed by atoms with Crippen LogP contribution in [0.15, 0.2) is 51.7 Å². The predicted molar refractivity (Wildman–Crippen MR) is 105 cm³/mol. The number of anilines is 1. The van der Waals surface area contributed by atoms with Crippen molar-refractivity contribution >= 4 is 22.7 Å². The van der Waals surface area contributed by atoms with Crippen LogP contribution in [0.25, 0.3) is 11.1 Å². The number of aromatic nitrogens is 1. The van der Waals surface area contributed by atoms with Crippen molar-refractivity contribution in [3.63, 3.8) is 0 Å². The maximum atomic E-state index is 13.0. The van der Waals surface area contributed by atoms with Gasteiger partial charge < -0.3 is 14.6 Å². The van der Waals surface area contributed by atoms with Crippen LogP contribution < -0.4 is 11.1 Å². The topological polar surface area (TPSA) is 78.3 Å². The Labute approximate surface area is 161 Å². The molecule has 1 fully saturated rings. The molecular formula is C21H22FN3O3. The Balaban J connectivity index is 1.26. The number of benzene rings is 2. The maximum Gasteiger partial charge on any atom is 0.417 e. The van der Waals surface area contributed by atoms with Crippen LogP contribution >= 0.6 is 0 Å². The molecule has 3 aromatic rings. The van der Waals surface area contributed by atoms with Crippen molar-refractivity contribution in [2.75, 3.05) is 25.0 Å².